The van der Waals surface area contributed by atoms with Crippen molar-refractivity contribution in [1.29, 1.82) is 5.41 Å². The minimum absolute atomic E-state index is 0.132. The van der Waals surface area contributed by atoms with Gasteiger partial charge in [-0.3, -0.25) is 5.41 Å². The van der Waals surface area contributed by atoms with Gasteiger partial charge in [0.2, 0.25) is 0 Å². The van der Waals surface area contributed by atoms with Crippen LogP contribution >= 0.6 is 0 Å². The molecular weight excluding hydrogens is 210 g/mol. The second-order valence-corrected chi connectivity index (χ2v) is 4.56. The van der Waals surface area contributed by atoms with Crippen LogP contribution in [0.1, 0.15) is 37.3 Å². The lowest BCUT2D eigenvalue weighted by atomic mass is 10.1. The van der Waals surface area contributed by atoms with Gasteiger partial charge in [0.15, 0.2) is 0 Å². The first-order valence-corrected chi connectivity index (χ1v) is 6.25. The van der Waals surface area contributed by atoms with Gasteiger partial charge in [-0.1, -0.05) is 44.0 Å². The molecule has 1 aromatic rings. The first-order valence-electron chi connectivity index (χ1n) is 6.25. The lowest BCUT2D eigenvalue weighted by molar-refractivity contribution is 0.318. The number of amidine groups is 1. The summed E-state index contributed by atoms with van der Waals surface area (Å²) < 4.78 is 0. The maximum Gasteiger partial charge on any atom is 0.122 e. The van der Waals surface area contributed by atoms with Crippen LogP contribution in [0, 0.1) is 5.41 Å². The summed E-state index contributed by atoms with van der Waals surface area (Å²) in [5, 5.41) is 7.33. The summed E-state index contributed by atoms with van der Waals surface area (Å²) in [5.41, 5.74) is 7.49. The molecule has 0 bridgehead atoms. The van der Waals surface area contributed by atoms with Crippen LogP contribution in [-0.2, 0) is 6.54 Å². The highest BCUT2D eigenvalue weighted by molar-refractivity contribution is 5.94. The molecule has 0 saturated heterocycles. The van der Waals surface area contributed by atoms with Crippen LogP contribution < -0.4 is 5.73 Å². The van der Waals surface area contributed by atoms with Crippen molar-refractivity contribution in [1.82, 2.24) is 4.90 Å². The van der Waals surface area contributed by atoms with E-state index in [1.165, 1.54) is 24.8 Å². The molecule has 0 aliphatic carbocycles. The molecule has 0 atom stereocenters. The molecule has 94 valence electrons. The Balaban J connectivity index is 2.43. The zero-order chi connectivity index (χ0) is 12.7. The smallest absolute Gasteiger partial charge is 0.122 e. The summed E-state index contributed by atoms with van der Waals surface area (Å²) in [6.07, 6.45) is 3.83. The Morgan fingerprint density at radius 1 is 1.24 bits per heavy atom. The van der Waals surface area contributed by atoms with E-state index in [0.29, 0.717) is 0 Å². The van der Waals surface area contributed by atoms with E-state index in [1.807, 2.05) is 24.3 Å². The van der Waals surface area contributed by atoms with E-state index in [2.05, 4.69) is 18.9 Å². The third-order valence-electron chi connectivity index (χ3n) is 2.86. The summed E-state index contributed by atoms with van der Waals surface area (Å²) in [6, 6.07) is 7.93. The van der Waals surface area contributed by atoms with Crippen molar-refractivity contribution in [3.8, 4) is 0 Å². The summed E-state index contributed by atoms with van der Waals surface area (Å²) >= 11 is 0. The Morgan fingerprint density at radius 3 is 2.41 bits per heavy atom. The van der Waals surface area contributed by atoms with Gasteiger partial charge in [-0.15, -0.1) is 0 Å². The lowest BCUT2D eigenvalue weighted by Crippen LogP contribution is -2.19. The maximum absolute atomic E-state index is 7.33. The van der Waals surface area contributed by atoms with E-state index in [-0.39, 0.29) is 5.84 Å². The molecule has 0 amide bonds. The van der Waals surface area contributed by atoms with Crippen LogP contribution in [0.15, 0.2) is 24.3 Å². The number of nitrogens with zero attached hydrogens (tertiary/aromatic N) is 1. The molecule has 1 aromatic carbocycles. The number of nitrogen functional groups attached to an aromatic ring is 1. The SMILES string of the molecule is CCCCCN(C)Cc1ccc(C(=N)N)cc1. The van der Waals surface area contributed by atoms with Crippen molar-refractivity contribution in [2.45, 2.75) is 32.7 Å². The van der Waals surface area contributed by atoms with Crippen LogP contribution in [0.4, 0.5) is 0 Å². The fraction of sp³-hybridized carbons (Fsp3) is 0.500. The topological polar surface area (TPSA) is 53.1 Å². The number of hydrogen-bond donors (Lipinski definition) is 2. The van der Waals surface area contributed by atoms with Crippen molar-refractivity contribution in [3.63, 3.8) is 0 Å². The summed E-state index contributed by atoms with van der Waals surface area (Å²) in [7, 11) is 2.15. The van der Waals surface area contributed by atoms with E-state index in [1.54, 1.807) is 0 Å². The van der Waals surface area contributed by atoms with Crippen LogP contribution in [0.5, 0.6) is 0 Å². The second kappa shape index (κ2) is 7.07. The van der Waals surface area contributed by atoms with Gasteiger partial charge in [-0.05, 0) is 25.6 Å². The molecule has 0 heterocycles. The molecule has 3 nitrogen and oxygen atoms in total. The summed E-state index contributed by atoms with van der Waals surface area (Å²) in [4.78, 5) is 2.33. The molecule has 0 radical (unpaired) electrons. The van der Waals surface area contributed by atoms with E-state index in [0.717, 1.165) is 18.7 Å². The quantitative estimate of drug-likeness (QED) is 0.432. The number of nitrogens with two attached hydrogens (primary N) is 1. The van der Waals surface area contributed by atoms with Crippen molar-refractivity contribution in [2.75, 3.05) is 13.6 Å². The molecule has 0 spiro atoms. The van der Waals surface area contributed by atoms with Gasteiger partial charge in [0, 0.05) is 12.1 Å². The van der Waals surface area contributed by atoms with E-state index in [4.69, 9.17) is 11.1 Å². The number of hydrogen-bond acceptors (Lipinski definition) is 2. The average Bonchev–Trinajstić information content (AvgIpc) is 2.30. The van der Waals surface area contributed by atoms with Crippen molar-refractivity contribution >= 4 is 5.84 Å². The van der Waals surface area contributed by atoms with Crippen molar-refractivity contribution in [3.05, 3.63) is 35.4 Å². The van der Waals surface area contributed by atoms with Crippen LogP contribution in [0.25, 0.3) is 0 Å². The van der Waals surface area contributed by atoms with Crippen LogP contribution in [-0.4, -0.2) is 24.3 Å². The van der Waals surface area contributed by atoms with E-state index in [9.17, 15) is 0 Å². The standard InChI is InChI=1S/C14H23N3/c1-3-4-5-10-17(2)11-12-6-8-13(9-7-12)14(15)16/h6-9H,3-5,10-11H2,1-2H3,(H3,15,16). The van der Waals surface area contributed by atoms with Crippen LogP contribution in [0.2, 0.25) is 0 Å². The fourth-order valence-electron chi connectivity index (χ4n) is 1.81. The molecule has 1 rings (SSSR count). The van der Waals surface area contributed by atoms with Gasteiger partial charge in [0.25, 0.3) is 0 Å². The Morgan fingerprint density at radius 2 is 1.88 bits per heavy atom. The Kier molecular flexibility index (Phi) is 5.70. The predicted octanol–water partition coefficient (Wildman–Crippen LogP) is 2.59. The first-order chi connectivity index (χ1) is 8.13. The summed E-state index contributed by atoms with van der Waals surface area (Å²) in [6.45, 7) is 4.32. The Labute approximate surface area is 104 Å². The van der Waals surface area contributed by atoms with E-state index >= 15 is 0 Å². The molecule has 0 aromatic heterocycles. The van der Waals surface area contributed by atoms with Gasteiger partial charge >= 0.3 is 0 Å². The minimum Gasteiger partial charge on any atom is -0.384 e. The number of rotatable bonds is 7. The fourth-order valence-corrected chi connectivity index (χ4v) is 1.81. The molecule has 0 saturated carbocycles. The third-order valence-corrected chi connectivity index (χ3v) is 2.86. The first kappa shape index (κ1) is 13.7. The second-order valence-electron chi connectivity index (χ2n) is 4.56. The number of nitrogens with one attached hydrogen (secondary N) is 1. The van der Waals surface area contributed by atoms with Gasteiger partial charge in [-0.25, -0.2) is 0 Å². The zero-order valence-electron chi connectivity index (χ0n) is 10.9. The molecular formula is C14H23N3. The number of benzene rings is 1. The average molecular weight is 233 g/mol. The normalized spacial score (nSPS) is 10.8. The minimum atomic E-state index is 0.132. The van der Waals surface area contributed by atoms with Gasteiger partial charge in [0.05, 0.1) is 0 Å². The van der Waals surface area contributed by atoms with Crippen LogP contribution in [0.3, 0.4) is 0 Å². The largest absolute Gasteiger partial charge is 0.384 e. The molecule has 17 heavy (non-hydrogen) atoms. The zero-order valence-corrected chi connectivity index (χ0v) is 10.9. The molecule has 3 heteroatoms. The highest BCUT2D eigenvalue weighted by Gasteiger charge is 2.01. The summed E-state index contributed by atoms with van der Waals surface area (Å²) in [5.74, 6) is 0.132. The monoisotopic (exact) mass is 233 g/mol. The molecule has 0 fully saturated rings. The molecule has 0 unspecified atom stereocenters. The van der Waals surface area contributed by atoms with Crippen molar-refractivity contribution in [2.24, 2.45) is 5.73 Å². The number of unbranched alkanes of at least 4 members (excludes halogenated alkanes) is 2. The van der Waals surface area contributed by atoms with E-state index < -0.39 is 0 Å². The lowest BCUT2D eigenvalue weighted by Gasteiger charge is -2.16. The van der Waals surface area contributed by atoms with Gasteiger partial charge in [0.1, 0.15) is 5.84 Å². The van der Waals surface area contributed by atoms with Crippen molar-refractivity contribution < 1.29 is 0 Å². The Bertz CT molecular complexity index is 343. The highest BCUT2D eigenvalue weighted by atomic mass is 15.1. The highest BCUT2D eigenvalue weighted by Crippen LogP contribution is 2.07. The van der Waals surface area contributed by atoms with Gasteiger partial charge in [-0.2, -0.15) is 0 Å². The van der Waals surface area contributed by atoms with Gasteiger partial charge < -0.3 is 10.6 Å². The Hall–Kier alpha value is -1.35. The molecule has 0 aliphatic rings. The molecule has 3 N–H and O–H groups in total. The third kappa shape index (κ3) is 5.00. The maximum atomic E-state index is 7.33. The molecule has 0 aliphatic heterocycles. The predicted molar refractivity (Wildman–Crippen MR) is 73.3 cm³/mol.